The van der Waals surface area contributed by atoms with E-state index in [1.54, 1.807) is 24.1 Å². The molecular formula is C21H26N2O2. The highest BCUT2D eigenvalue weighted by atomic mass is 16.2. The zero-order chi connectivity index (χ0) is 18.4. The van der Waals surface area contributed by atoms with Crippen molar-refractivity contribution in [3.8, 4) is 0 Å². The van der Waals surface area contributed by atoms with Gasteiger partial charge in [0.15, 0.2) is 0 Å². The summed E-state index contributed by atoms with van der Waals surface area (Å²) in [6.07, 6.45) is 0. The maximum absolute atomic E-state index is 13.0. The number of hydrogen-bond donors (Lipinski definition) is 1. The molecule has 0 heterocycles. The fraction of sp³-hybridized carbons (Fsp3) is 0.333. The Morgan fingerprint density at radius 3 is 1.92 bits per heavy atom. The van der Waals surface area contributed by atoms with Gasteiger partial charge in [0.2, 0.25) is 5.91 Å². The molecule has 2 aromatic carbocycles. The molecule has 2 aromatic rings. The van der Waals surface area contributed by atoms with Gasteiger partial charge in [-0.3, -0.25) is 9.59 Å². The second kappa shape index (κ2) is 8.47. The van der Waals surface area contributed by atoms with Crippen molar-refractivity contribution in [1.82, 2.24) is 10.2 Å². The Balaban J connectivity index is 2.13. The van der Waals surface area contributed by atoms with Gasteiger partial charge in [-0.25, -0.2) is 0 Å². The third kappa shape index (κ3) is 4.69. The smallest absolute Gasteiger partial charge is 0.251 e. The molecular weight excluding hydrogens is 312 g/mol. The lowest BCUT2D eigenvalue weighted by atomic mass is 10.00. The Labute approximate surface area is 149 Å². The topological polar surface area (TPSA) is 49.4 Å². The van der Waals surface area contributed by atoms with Gasteiger partial charge in [0, 0.05) is 12.6 Å². The zero-order valence-corrected chi connectivity index (χ0v) is 15.3. The van der Waals surface area contributed by atoms with Gasteiger partial charge in [-0.05, 0) is 30.5 Å². The zero-order valence-electron chi connectivity index (χ0n) is 15.3. The number of rotatable bonds is 6. The Kier molecular flexibility index (Phi) is 6.34. The van der Waals surface area contributed by atoms with Crippen molar-refractivity contribution >= 4 is 11.8 Å². The lowest BCUT2D eigenvalue weighted by Gasteiger charge is -2.31. The number of nitrogens with one attached hydrogen (secondary N) is 1. The highest BCUT2D eigenvalue weighted by Gasteiger charge is 2.29. The summed E-state index contributed by atoms with van der Waals surface area (Å²) in [6, 6.07) is 18.2. The number of likely N-dealkylation sites (N-methyl/N-ethyl adjacent to an activating group) is 1. The van der Waals surface area contributed by atoms with Gasteiger partial charge < -0.3 is 10.2 Å². The molecule has 0 aliphatic heterocycles. The van der Waals surface area contributed by atoms with Crippen molar-refractivity contribution in [2.24, 2.45) is 5.92 Å². The van der Waals surface area contributed by atoms with Crippen molar-refractivity contribution < 1.29 is 9.59 Å². The molecule has 0 saturated heterocycles. The van der Waals surface area contributed by atoms with Crippen molar-refractivity contribution in [3.05, 3.63) is 71.8 Å². The predicted octanol–water partition coefficient (Wildman–Crippen LogP) is 3.66. The second-order valence-corrected chi connectivity index (χ2v) is 6.60. The van der Waals surface area contributed by atoms with E-state index in [9.17, 15) is 9.59 Å². The number of amides is 2. The highest BCUT2D eigenvalue weighted by Crippen LogP contribution is 2.20. The van der Waals surface area contributed by atoms with Crippen LogP contribution in [0.15, 0.2) is 60.7 Å². The number of hydrogen-bond acceptors (Lipinski definition) is 2. The molecule has 0 aliphatic rings. The van der Waals surface area contributed by atoms with Crippen LogP contribution in [-0.2, 0) is 4.79 Å². The second-order valence-electron chi connectivity index (χ2n) is 6.60. The van der Waals surface area contributed by atoms with E-state index in [1.807, 2.05) is 69.3 Å². The Morgan fingerprint density at radius 2 is 1.40 bits per heavy atom. The molecule has 2 amide bonds. The van der Waals surface area contributed by atoms with Gasteiger partial charge in [0.1, 0.15) is 6.04 Å². The molecule has 2 rings (SSSR count). The van der Waals surface area contributed by atoms with Crippen molar-refractivity contribution in [3.63, 3.8) is 0 Å². The molecule has 1 N–H and O–H groups in total. The average molecular weight is 338 g/mol. The van der Waals surface area contributed by atoms with Crippen LogP contribution >= 0.6 is 0 Å². The van der Waals surface area contributed by atoms with Crippen molar-refractivity contribution in [1.29, 1.82) is 0 Å². The molecule has 0 saturated carbocycles. The summed E-state index contributed by atoms with van der Waals surface area (Å²) in [7, 11) is 1.78. The monoisotopic (exact) mass is 338 g/mol. The fourth-order valence-electron chi connectivity index (χ4n) is 2.69. The standard InChI is InChI=1S/C21H26N2O2/c1-15(2)19(22-20(24)18-13-9-6-10-14-18)21(25)23(4)16(3)17-11-7-5-8-12-17/h5-16,19H,1-4H3,(H,22,24). The van der Waals surface area contributed by atoms with E-state index in [-0.39, 0.29) is 23.8 Å². The number of benzene rings is 2. The molecule has 2 unspecified atom stereocenters. The van der Waals surface area contributed by atoms with Crippen molar-refractivity contribution in [2.75, 3.05) is 7.05 Å². The van der Waals surface area contributed by atoms with E-state index >= 15 is 0 Å². The van der Waals surface area contributed by atoms with Gasteiger partial charge in [-0.1, -0.05) is 62.4 Å². The largest absolute Gasteiger partial charge is 0.340 e. The van der Waals surface area contributed by atoms with Crippen LogP contribution in [-0.4, -0.2) is 29.8 Å². The van der Waals surface area contributed by atoms with E-state index in [4.69, 9.17) is 0 Å². The van der Waals surface area contributed by atoms with Crippen LogP contribution in [0.5, 0.6) is 0 Å². The number of carbonyl (C=O) groups is 2. The Morgan fingerprint density at radius 1 is 0.880 bits per heavy atom. The minimum atomic E-state index is -0.566. The Hall–Kier alpha value is -2.62. The molecule has 0 spiro atoms. The Bertz CT molecular complexity index is 698. The molecule has 0 bridgehead atoms. The average Bonchev–Trinajstić information content (AvgIpc) is 2.65. The first-order chi connectivity index (χ1) is 11.9. The molecule has 0 fully saturated rings. The van der Waals surface area contributed by atoms with E-state index in [0.717, 1.165) is 5.56 Å². The predicted molar refractivity (Wildman–Crippen MR) is 100 cm³/mol. The van der Waals surface area contributed by atoms with Crippen LogP contribution in [0.4, 0.5) is 0 Å². The van der Waals surface area contributed by atoms with Crippen LogP contribution in [0.2, 0.25) is 0 Å². The summed E-state index contributed by atoms with van der Waals surface area (Å²) in [5.74, 6) is -0.324. The van der Waals surface area contributed by atoms with Crippen LogP contribution in [0, 0.1) is 5.92 Å². The molecule has 0 radical (unpaired) electrons. The summed E-state index contributed by atoms with van der Waals surface area (Å²) in [4.78, 5) is 27.1. The molecule has 25 heavy (non-hydrogen) atoms. The third-order valence-electron chi connectivity index (χ3n) is 4.47. The lowest BCUT2D eigenvalue weighted by molar-refractivity contribution is -0.135. The summed E-state index contributed by atoms with van der Waals surface area (Å²) in [6.45, 7) is 5.87. The van der Waals surface area contributed by atoms with E-state index < -0.39 is 6.04 Å². The SMILES string of the molecule is CC(C)C(NC(=O)c1ccccc1)C(=O)N(C)C(C)c1ccccc1. The van der Waals surface area contributed by atoms with Crippen LogP contribution < -0.4 is 5.32 Å². The lowest BCUT2D eigenvalue weighted by Crippen LogP contribution is -2.50. The van der Waals surface area contributed by atoms with Gasteiger partial charge in [-0.15, -0.1) is 0 Å². The summed E-state index contributed by atoms with van der Waals surface area (Å²) < 4.78 is 0. The molecule has 4 heteroatoms. The molecule has 2 atom stereocenters. The molecule has 4 nitrogen and oxygen atoms in total. The summed E-state index contributed by atoms with van der Waals surface area (Å²) >= 11 is 0. The summed E-state index contributed by atoms with van der Waals surface area (Å²) in [5.41, 5.74) is 1.62. The van der Waals surface area contributed by atoms with Gasteiger partial charge in [0.05, 0.1) is 6.04 Å². The van der Waals surface area contributed by atoms with E-state index in [1.165, 1.54) is 0 Å². The van der Waals surface area contributed by atoms with Crippen LogP contribution in [0.1, 0.15) is 42.7 Å². The maximum atomic E-state index is 13.0. The first kappa shape index (κ1) is 18.7. The molecule has 0 aromatic heterocycles. The van der Waals surface area contributed by atoms with Crippen molar-refractivity contribution in [2.45, 2.75) is 32.9 Å². The number of nitrogens with zero attached hydrogens (tertiary/aromatic N) is 1. The minimum absolute atomic E-state index is 0.00872. The van der Waals surface area contributed by atoms with Gasteiger partial charge >= 0.3 is 0 Å². The first-order valence-corrected chi connectivity index (χ1v) is 8.59. The van der Waals surface area contributed by atoms with E-state index in [0.29, 0.717) is 5.56 Å². The number of carbonyl (C=O) groups excluding carboxylic acids is 2. The van der Waals surface area contributed by atoms with Gasteiger partial charge in [-0.2, -0.15) is 0 Å². The van der Waals surface area contributed by atoms with Gasteiger partial charge in [0.25, 0.3) is 5.91 Å². The fourth-order valence-corrected chi connectivity index (χ4v) is 2.69. The molecule has 132 valence electrons. The minimum Gasteiger partial charge on any atom is -0.340 e. The summed E-state index contributed by atoms with van der Waals surface area (Å²) in [5, 5.41) is 2.89. The highest BCUT2D eigenvalue weighted by molar-refractivity contribution is 5.97. The molecule has 0 aliphatic carbocycles. The quantitative estimate of drug-likeness (QED) is 0.874. The maximum Gasteiger partial charge on any atom is 0.251 e. The van der Waals surface area contributed by atoms with Crippen LogP contribution in [0.3, 0.4) is 0 Å². The third-order valence-corrected chi connectivity index (χ3v) is 4.47. The first-order valence-electron chi connectivity index (χ1n) is 8.59. The normalized spacial score (nSPS) is 13.2. The van der Waals surface area contributed by atoms with Crippen LogP contribution in [0.25, 0.3) is 0 Å². The van der Waals surface area contributed by atoms with E-state index in [2.05, 4.69) is 5.32 Å².